The van der Waals surface area contributed by atoms with Gasteiger partial charge in [0.1, 0.15) is 18.2 Å². The molecule has 9 heteroatoms. The molecule has 0 saturated carbocycles. The summed E-state index contributed by atoms with van der Waals surface area (Å²) in [6.45, 7) is 1.46. The van der Waals surface area contributed by atoms with E-state index < -0.39 is 5.82 Å². The number of hydrogen-bond acceptors (Lipinski definition) is 5. The zero-order valence-corrected chi connectivity index (χ0v) is 22.3. The van der Waals surface area contributed by atoms with Gasteiger partial charge in [-0.3, -0.25) is 4.57 Å². The molecule has 1 aliphatic rings. The second kappa shape index (κ2) is 11.2. The third kappa shape index (κ3) is 5.71. The Balaban J connectivity index is 1.21. The number of fused-ring (bicyclic) bond motifs is 1. The third-order valence-electron chi connectivity index (χ3n) is 6.57. The number of pyridine rings is 1. The van der Waals surface area contributed by atoms with Crippen LogP contribution < -0.4 is 9.47 Å². The van der Waals surface area contributed by atoms with Crippen LogP contribution >= 0.6 is 23.2 Å². The van der Waals surface area contributed by atoms with Crippen LogP contribution in [0.1, 0.15) is 18.4 Å². The fourth-order valence-electron chi connectivity index (χ4n) is 4.59. The van der Waals surface area contributed by atoms with Gasteiger partial charge in [-0.05, 0) is 61.4 Å². The first-order chi connectivity index (χ1) is 19.0. The highest BCUT2D eigenvalue weighted by Gasteiger charge is 2.21. The lowest BCUT2D eigenvalue weighted by Gasteiger charge is -2.15. The quantitative estimate of drug-likeness (QED) is 0.191. The van der Waals surface area contributed by atoms with E-state index in [1.807, 2.05) is 47.0 Å². The zero-order chi connectivity index (χ0) is 26.8. The highest BCUT2D eigenvalue weighted by atomic mass is 35.5. The van der Waals surface area contributed by atoms with E-state index in [4.69, 9.17) is 42.4 Å². The average Bonchev–Trinajstić information content (AvgIpc) is 3.58. The van der Waals surface area contributed by atoms with E-state index in [2.05, 4.69) is 4.98 Å². The second-order valence-corrected chi connectivity index (χ2v) is 10.1. The molecule has 0 spiro atoms. The molecule has 0 amide bonds. The predicted molar refractivity (Wildman–Crippen MR) is 149 cm³/mol. The number of ether oxygens (including phenoxy) is 3. The van der Waals surface area contributed by atoms with Crippen molar-refractivity contribution in [2.24, 2.45) is 0 Å². The van der Waals surface area contributed by atoms with E-state index >= 15 is 0 Å². The molecule has 0 bridgehead atoms. The molecule has 5 aromatic rings. The summed E-state index contributed by atoms with van der Waals surface area (Å²) in [5, 5.41) is 0.750. The van der Waals surface area contributed by atoms with Gasteiger partial charge in [0.25, 0.3) is 0 Å². The summed E-state index contributed by atoms with van der Waals surface area (Å²) in [5.74, 6) is 0.418. The maximum absolute atomic E-state index is 14.1. The molecule has 0 unspecified atom stereocenters. The molecule has 6 nitrogen and oxygen atoms in total. The topological polar surface area (TPSA) is 58.4 Å². The van der Waals surface area contributed by atoms with Gasteiger partial charge in [0.15, 0.2) is 0 Å². The Kier molecular flexibility index (Phi) is 7.37. The van der Waals surface area contributed by atoms with Gasteiger partial charge in [-0.25, -0.2) is 9.37 Å². The molecule has 0 N–H and O–H groups in total. The maximum Gasteiger partial charge on any atom is 0.303 e. The van der Waals surface area contributed by atoms with Crippen LogP contribution in [-0.4, -0.2) is 27.2 Å². The summed E-state index contributed by atoms with van der Waals surface area (Å²) in [7, 11) is 0. The summed E-state index contributed by atoms with van der Waals surface area (Å²) in [5.41, 5.74) is 3.65. The SMILES string of the molecule is Fc1cc(Cl)ccc1COc1cccc(-c2ccc(Oc3nc4ccccc4n3C[C@@H]3CCCO3)c(Cl)c2)n1. The summed E-state index contributed by atoms with van der Waals surface area (Å²) in [6, 6.07) is 23.7. The molecule has 3 heterocycles. The van der Waals surface area contributed by atoms with Crippen LogP contribution in [-0.2, 0) is 17.9 Å². The molecule has 1 atom stereocenters. The molecule has 3 aromatic carbocycles. The minimum absolute atomic E-state index is 0.0277. The van der Waals surface area contributed by atoms with E-state index in [1.165, 1.54) is 6.07 Å². The number of para-hydroxylation sites is 2. The lowest BCUT2D eigenvalue weighted by atomic mass is 10.1. The van der Waals surface area contributed by atoms with Crippen molar-refractivity contribution >= 4 is 34.2 Å². The lowest BCUT2D eigenvalue weighted by Crippen LogP contribution is -2.15. The van der Waals surface area contributed by atoms with Gasteiger partial charge in [-0.2, -0.15) is 4.98 Å². The van der Waals surface area contributed by atoms with Crippen molar-refractivity contribution in [3.63, 3.8) is 0 Å². The number of imidazole rings is 1. The first-order valence-corrected chi connectivity index (χ1v) is 13.4. The largest absolute Gasteiger partial charge is 0.473 e. The van der Waals surface area contributed by atoms with E-state index in [9.17, 15) is 4.39 Å². The number of halogens is 3. The van der Waals surface area contributed by atoms with Gasteiger partial charge < -0.3 is 14.2 Å². The molecule has 1 aliphatic heterocycles. The van der Waals surface area contributed by atoms with E-state index in [0.717, 1.165) is 36.0 Å². The number of hydrogen-bond donors (Lipinski definition) is 0. The van der Waals surface area contributed by atoms with Crippen LogP contribution in [0, 0.1) is 5.82 Å². The van der Waals surface area contributed by atoms with Gasteiger partial charge in [0, 0.05) is 28.8 Å². The Morgan fingerprint density at radius 3 is 2.69 bits per heavy atom. The maximum atomic E-state index is 14.1. The Morgan fingerprint density at radius 2 is 1.87 bits per heavy atom. The number of benzene rings is 3. The minimum Gasteiger partial charge on any atom is -0.473 e. The molecule has 1 fully saturated rings. The summed E-state index contributed by atoms with van der Waals surface area (Å²) in [6.07, 6.45) is 2.18. The van der Waals surface area contributed by atoms with E-state index in [-0.39, 0.29) is 12.7 Å². The molecule has 1 saturated heterocycles. The zero-order valence-electron chi connectivity index (χ0n) is 20.8. The molecule has 0 radical (unpaired) electrons. The molecule has 39 heavy (non-hydrogen) atoms. The van der Waals surface area contributed by atoms with Crippen LogP contribution in [0.3, 0.4) is 0 Å². The second-order valence-electron chi connectivity index (χ2n) is 9.26. The fourth-order valence-corrected chi connectivity index (χ4v) is 4.97. The van der Waals surface area contributed by atoms with Gasteiger partial charge >= 0.3 is 6.01 Å². The van der Waals surface area contributed by atoms with Crippen LogP contribution in [0.15, 0.2) is 78.9 Å². The van der Waals surface area contributed by atoms with Crippen molar-refractivity contribution in [2.45, 2.75) is 32.1 Å². The predicted octanol–water partition coefficient (Wildman–Crippen LogP) is 8.09. The highest BCUT2D eigenvalue weighted by Crippen LogP contribution is 2.35. The first kappa shape index (κ1) is 25.6. The summed E-state index contributed by atoms with van der Waals surface area (Å²) in [4.78, 5) is 9.26. The number of rotatable bonds is 8. The van der Waals surface area contributed by atoms with Crippen LogP contribution in [0.2, 0.25) is 10.0 Å². The van der Waals surface area contributed by atoms with Crippen LogP contribution in [0.25, 0.3) is 22.3 Å². The Morgan fingerprint density at radius 1 is 0.974 bits per heavy atom. The summed E-state index contributed by atoms with van der Waals surface area (Å²) < 4.78 is 34.0. The monoisotopic (exact) mass is 563 g/mol. The molecule has 0 aliphatic carbocycles. The Labute approximate surface area is 234 Å². The van der Waals surface area contributed by atoms with Crippen molar-refractivity contribution in [1.82, 2.24) is 14.5 Å². The van der Waals surface area contributed by atoms with Crippen LogP contribution in [0.4, 0.5) is 4.39 Å². The first-order valence-electron chi connectivity index (χ1n) is 12.6. The smallest absolute Gasteiger partial charge is 0.303 e. The molecule has 2 aromatic heterocycles. The van der Waals surface area contributed by atoms with Gasteiger partial charge in [-0.15, -0.1) is 0 Å². The van der Waals surface area contributed by atoms with E-state index in [1.54, 1.807) is 30.3 Å². The van der Waals surface area contributed by atoms with Crippen molar-refractivity contribution < 1.29 is 18.6 Å². The average molecular weight is 564 g/mol. The normalized spacial score (nSPS) is 15.1. The third-order valence-corrected chi connectivity index (χ3v) is 7.10. The minimum atomic E-state index is -0.426. The molecular formula is C30H24Cl2FN3O3. The molecule has 6 rings (SSSR count). The van der Waals surface area contributed by atoms with Gasteiger partial charge in [-0.1, -0.05) is 47.5 Å². The fraction of sp³-hybridized carbons (Fsp3) is 0.200. The van der Waals surface area contributed by atoms with Crippen molar-refractivity contribution in [3.8, 4) is 28.9 Å². The van der Waals surface area contributed by atoms with Crippen molar-refractivity contribution in [3.05, 3.63) is 100 Å². The van der Waals surface area contributed by atoms with Gasteiger partial charge in [0.2, 0.25) is 5.88 Å². The van der Waals surface area contributed by atoms with Crippen LogP contribution in [0.5, 0.6) is 17.6 Å². The Bertz CT molecular complexity index is 1640. The van der Waals surface area contributed by atoms with Crippen molar-refractivity contribution in [2.75, 3.05) is 6.61 Å². The van der Waals surface area contributed by atoms with E-state index in [0.29, 0.717) is 45.5 Å². The Hall–Kier alpha value is -3.65. The standard InChI is InChI=1S/C30H24Cl2FN3O3/c31-21-12-10-20(24(33)16-21)18-38-29-9-3-7-25(34-29)19-11-13-28(23(32)15-19)39-30-35-26-6-1-2-8-27(26)36(30)17-22-5-4-14-37-22/h1-3,6-13,15-16,22H,4-5,14,17-18H2/t22-/m0/s1. The van der Waals surface area contributed by atoms with Gasteiger partial charge in [0.05, 0.1) is 34.4 Å². The molecule has 198 valence electrons. The summed E-state index contributed by atoms with van der Waals surface area (Å²) >= 11 is 12.5. The van der Waals surface area contributed by atoms with Crippen molar-refractivity contribution in [1.29, 1.82) is 0 Å². The number of nitrogens with zero attached hydrogens (tertiary/aromatic N) is 3. The lowest BCUT2D eigenvalue weighted by molar-refractivity contribution is 0.0961. The molecular weight excluding hydrogens is 540 g/mol. The number of aromatic nitrogens is 3. The highest BCUT2D eigenvalue weighted by molar-refractivity contribution is 6.32.